The van der Waals surface area contributed by atoms with Gasteiger partial charge in [0.25, 0.3) is 0 Å². The maximum absolute atomic E-state index is 11.6. The molecule has 2 atom stereocenters. The largest absolute Gasteiger partial charge is 0.480 e. The van der Waals surface area contributed by atoms with Crippen LogP contribution in [-0.2, 0) is 9.59 Å². The Morgan fingerprint density at radius 3 is 2.33 bits per heavy atom. The Bertz CT molecular complexity index is 238. The average molecular weight is 252 g/mol. The van der Waals surface area contributed by atoms with E-state index in [2.05, 4.69) is 25.3 Å². The van der Waals surface area contributed by atoms with Crippen molar-refractivity contribution in [2.45, 2.75) is 18.5 Å². The van der Waals surface area contributed by atoms with Crippen LogP contribution < -0.4 is 5.73 Å². The van der Waals surface area contributed by atoms with Gasteiger partial charge in [-0.25, -0.2) is 4.79 Å². The molecule has 0 spiro atoms. The molecular weight excluding hydrogens is 236 g/mol. The van der Waals surface area contributed by atoms with Crippen LogP contribution in [0.5, 0.6) is 0 Å². The van der Waals surface area contributed by atoms with E-state index in [0.29, 0.717) is 12.2 Å². The summed E-state index contributed by atoms with van der Waals surface area (Å²) in [5.74, 6) is -0.936. The van der Waals surface area contributed by atoms with Gasteiger partial charge in [-0.2, -0.15) is 25.3 Å². The number of rotatable bonds is 6. The van der Waals surface area contributed by atoms with Gasteiger partial charge in [-0.1, -0.05) is 0 Å². The van der Waals surface area contributed by atoms with Gasteiger partial charge >= 0.3 is 5.97 Å². The van der Waals surface area contributed by atoms with E-state index in [1.165, 1.54) is 7.05 Å². The molecule has 1 amide bonds. The first-order chi connectivity index (χ1) is 6.95. The highest BCUT2D eigenvalue weighted by molar-refractivity contribution is 7.80. The van der Waals surface area contributed by atoms with Crippen LogP contribution in [-0.4, -0.2) is 52.5 Å². The maximum Gasteiger partial charge on any atom is 0.327 e. The number of carbonyl (C=O) groups is 2. The Hall–Kier alpha value is -0.400. The minimum absolute atomic E-state index is 0.0607. The van der Waals surface area contributed by atoms with Crippen molar-refractivity contribution in [3.05, 3.63) is 0 Å². The average Bonchev–Trinajstić information content (AvgIpc) is 2.17. The highest BCUT2D eigenvalue weighted by atomic mass is 32.1. The van der Waals surface area contributed by atoms with E-state index in [1.54, 1.807) is 0 Å². The molecule has 7 heteroatoms. The smallest absolute Gasteiger partial charge is 0.327 e. The number of nitrogens with two attached hydrogens (primary N) is 1. The van der Waals surface area contributed by atoms with Crippen LogP contribution >= 0.6 is 25.3 Å². The number of carbonyl (C=O) groups excluding carboxylic acids is 1. The molecule has 88 valence electrons. The summed E-state index contributed by atoms with van der Waals surface area (Å²) in [5.41, 5.74) is 5.56. The zero-order valence-electron chi connectivity index (χ0n) is 8.46. The Morgan fingerprint density at radius 2 is 2.00 bits per heavy atom. The molecule has 15 heavy (non-hydrogen) atoms. The van der Waals surface area contributed by atoms with Crippen LogP contribution in [0.2, 0.25) is 0 Å². The van der Waals surface area contributed by atoms with Gasteiger partial charge < -0.3 is 15.7 Å². The van der Waals surface area contributed by atoms with Crippen molar-refractivity contribution in [3.63, 3.8) is 0 Å². The Balaban J connectivity index is 4.47. The fourth-order valence-electron chi connectivity index (χ4n) is 1.04. The van der Waals surface area contributed by atoms with E-state index in [9.17, 15) is 9.59 Å². The number of nitrogens with zero attached hydrogens (tertiary/aromatic N) is 1. The molecule has 0 saturated carbocycles. The Labute approximate surface area is 99.8 Å². The van der Waals surface area contributed by atoms with Crippen LogP contribution in [0.15, 0.2) is 0 Å². The van der Waals surface area contributed by atoms with E-state index in [4.69, 9.17) is 10.8 Å². The molecule has 3 N–H and O–H groups in total. The first-order valence-electron chi connectivity index (χ1n) is 4.42. The van der Waals surface area contributed by atoms with Gasteiger partial charge in [0.1, 0.15) is 6.04 Å². The molecule has 0 aliphatic carbocycles. The quantitative estimate of drug-likeness (QED) is 0.479. The lowest BCUT2D eigenvalue weighted by Crippen LogP contribution is -2.50. The first kappa shape index (κ1) is 14.6. The molecule has 2 unspecified atom stereocenters. The molecule has 0 saturated heterocycles. The summed E-state index contributed by atoms with van der Waals surface area (Å²) >= 11 is 7.83. The summed E-state index contributed by atoms with van der Waals surface area (Å²) < 4.78 is 0. The molecule has 0 aromatic rings. The number of hydrogen-bond donors (Lipinski definition) is 4. The second-order valence-electron chi connectivity index (χ2n) is 3.10. The number of amides is 1. The van der Waals surface area contributed by atoms with E-state index < -0.39 is 24.0 Å². The Morgan fingerprint density at radius 1 is 1.47 bits per heavy atom. The molecule has 0 radical (unpaired) electrons. The predicted molar refractivity (Wildman–Crippen MR) is 64.5 cm³/mol. The molecule has 0 bridgehead atoms. The van der Waals surface area contributed by atoms with Gasteiger partial charge in [0.15, 0.2) is 0 Å². The number of thiol groups is 2. The number of hydrogen-bond acceptors (Lipinski definition) is 5. The third kappa shape index (κ3) is 4.31. The minimum atomic E-state index is -1.08. The summed E-state index contributed by atoms with van der Waals surface area (Å²) in [6, 6.07) is -1.64. The third-order valence-electron chi connectivity index (χ3n) is 2.03. The molecule has 0 aliphatic heterocycles. The number of carboxylic acid groups (broad SMARTS) is 1. The van der Waals surface area contributed by atoms with Gasteiger partial charge in [0.2, 0.25) is 5.91 Å². The van der Waals surface area contributed by atoms with E-state index in [0.717, 1.165) is 4.90 Å². The van der Waals surface area contributed by atoms with Crippen molar-refractivity contribution in [2.24, 2.45) is 5.73 Å². The molecule has 0 aromatic carbocycles. The van der Waals surface area contributed by atoms with Crippen molar-refractivity contribution in [3.8, 4) is 0 Å². The topological polar surface area (TPSA) is 83.6 Å². The molecular formula is C8H16N2O3S2. The van der Waals surface area contributed by atoms with E-state index in [-0.39, 0.29) is 5.75 Å². The molecule has 0 fully saturated rings. The lowest BCUT2D eigenvalue weighted by molar-refractivity contribution is -0.148. The Kier molecular flexibility index (Phi) is 6.78. The summed E-state index contributed by atoms with van der Waals surface area (Å²) in [7, 11) is 1.41. The molecule has 0 aromatic heterocycles. The monoisotopic (exact) mass is 252 g/mol. The number of aliphatic carboxylic acids is 1. The maximum atomic E-state index is 11.6. The van der Waals surface area contributed by atoms with Crippen molar-refractivity contribution in [2.75, 3.05) is 18.6 Å². The van der Waals surface area contributed by atoms with Crippen LogP contribution in [0.25, 0.3) is 0 Å². The second-order valence-corrected chi connectivity index (χ2v) is 3.92. The summed E-state index contributed by atoms with van der Waals surface area (Å²) in [5, 5.41) is 8.81. The molecule has 0 rings (SSSR count). The summed E-state index contributed by atoms with van der Waals surface area (Å²) in [4.78, 5) is 23.5. The lowest BCUT2D eigenvalue weighted by atomic mass is 10.2. The van der Waals surface area contributed by atoms with Gasteiger partial charge in [-0.15, -0.1) is 0 Å². The van der Waals surface area contributed by atoms with Crippen molar-refractivity contribution in [1.29, 1.82) is 0 Å². The first-order valence-corrected chi connectivity index (χ1v) is 5.69. The fraction of sp³-hybridized carbons (Fsp3) is 0.750. The third-order valence-corrected chi connectivity index (χ3v) is 2.63. The molecule has 0 aliphatic rings. The van der Waals surface area contributed by atoms with Crippen LogP contribution in [0.4, 0.5) is 0 Å². The highest BCUT2D eigenvalue weighted by Gasteiger charge is 2.27. The van der Waals surface area contributed by atoms with Crippen LogP contribution in [0.1, 0.15) is 6.42 Å². The standard InChI is InChI=1S/C8H16N2O3S2/c1-10(6(4-15)8(12)13)7(11)5(9)2-3-14/h5-6,14-15H,2-4,9H2,1H3,(H,12,13). The van der Waals surface area contributed by atoms with Gasteiger partial charge in [-0.3, -0.25) is 4.79 Å². The highest BCUT2D eigenvalue weighted by Crippen LogP contribution is 2.04. The molecule has 0 heterocycles. The molecule has 5 nitrogen and oxygen atoms in total. The lowest BCUT2D eigenvalue weighted by Gasteiger charge is -2.26. The van der Waals surface area contributed by atoms with Gasteiger partial charge in [-0.05, 0) is 12.2 Å². The van der Waals surface area contributed by atoms with Gasteiger partial charge in [0.05, 0.1) is 6.04 Å². The van der Waals surface area contributed by atoms with Crippen molar-refractivity contribution >= 4 is 37.1 Å². The minimum Gasteiger partial charge on any atom is -0.480 e. The zero-order valence-corrected chi connectivity index (χ0v) is 10.2. The van der Waals surface area contributed by atoms with Crippen LogP contribution in [0, 0.1) is 0 Å². The van der Waals surface area contributed by atoms with Gasteiger partial charge in [0, 0.05) is 12.8 Å². The number of likely N-dealkylation sites (N-methyl/N-ethyl adjacent to an activating group) is 1. The van der Waals surface area contributed by atoms with E-state index in [1.807, 2.05) is 0 Å². The van der Waals surface area contributed by atoms with Crippen molar-refractivity contribution in [1.82, 2.24) is 4.90 Å². The second kappa shape index (κ2) is 6.97. The SMILES string of the molecule is CN(C(=O)C(N)CCS)C(CS)C(=O)O. The normalized spacial score (nSPS) is 14.4. The fourth-order valence-corrected chi connectivity index (χ4v) is 1.72. The summed E-state index contributed by atoms with van der Waals surface area (Å²) in [6.07, 6.45) is 0.422. The number of carboxylic acids is 1. The zero-order chi connectivity index (χ0) is 12.0. The van der Waals surface area contributed by atoms with E-state index >= 15 is 0 Å². The summed E-state index contributed by atoms with van der Waals surface area (Å²) in [6.45, 7) is 0. The predicted octanol–water partition coefficient (Wildman–Crippen LogP) is -0.525. The van der Waals surface area contributed by atoms with Crippen molar-refractivity contribution < 1.29 is 14.7 Å². The van der Waals surface area contributed by atoms with Crippen LogP contribution in [0.3, 0.4) is 0 Å².